The zero-order valence-electron chi connectivity index (χ0n) is 20.3. The first kappa shape index (κ1) is 24.5. The second-order valence-corrected chi connectivity index (χ2v) is 10.1. The van der Waals surface area contributed by atoms with Gasteiger partial charge in [0.2, 0.25) is 0 Å². The molecule has 0 saturated carbocycles. The molecule has 0 unspecified atom stereocenters. The maximum absolute atomic E-state index is 5.56. The van der Waals surface area contributed by atoms with Crippen molar-refractivity contribution in [2.24, 2.45) is 4.99 Å². The monoisotopic (exact) mass is 456 g/mol. The average Bonchev–Trinajstić information content (AvgIpc) is 2.81. The van der Waals surface area contributed by atoms with E-state index in [1.54, 1.807) is 11.9 Å². The molecule has 174 valence electrons. The summed E-state index contributed by atoms with van der Waals surface area (Å²) >= 11 is 1.72. The first-order valence-electron chi connectivity index (χ1n) is 11.0. The fourth-order valence-electron chi connectivity index (χ4n) is 3.57. The van der Waals surface area contributed by atoms with Crippen LogP contribution in [0.2, 0.25) is 0 Å². The Hall–Kier alpha value is -2.16. The molecule has 0 radical (unpaired) electrons. The van der Waals surface area contributed by atoms with E-state index >= 15 is 0 Å². The van der Waals surface area contributed by atoms with E-state index in [2.05, 4.69) is 91.2 Å². The van der Waals surface area contributed by atoms with Crippen molar-refractivity contribution in [3.63, 3.8) is 0 Å². The first-order valence-corrected chi connectivity index (χ1v) is 12.2. The van der Waals surface area contributed by atoms with E-state index < -0.39 is 0 Å². The molecule has 2 heterocycles. The standard InChI is InChI=1S/C24H36N6OS/c1-24(2,3)19-10-8-18(9-11-19)21-26-22(28(5)12-13-29(6)32-7)20(25-4)23(27-21)30-14-16-31-17-15-30/h8-11H,4,12-17H2,1-3,5-7H3. The molecule has 8 heteroatoms. The summed E-state index contributed by atoms with van der Waals surface area (Å²) in [5.74, 6) is 2.34. The summed E-state index contributed by atoms with van der Waals surface area (Å²) in [6, 6.07) is 8.57. The van der Waals surface area contributed by atoms with Crippen LogP contribution in [0.3, 0.4) is 0 Å². The molecule has 2 aromatic rings. The smallest absolute Gasteiger partial charge is 0.164 e. The Morgan fingerprint density at radius 2 is 1.75 bits per heavy atom. The third kappa shape index (κ3) is 5.79. The third-order valence-electron chi connectivity index (χ3n) is 5.75. The Balaban J connectivity index is 2.05. The van der Waals surface area contributed by atoms with E-state index in [0.29, 0.717) is 19.0 Å². The van der Waals surface area contributed by atoms with Gasteiger partial charge in [-0.1, -0.05) is 57.0 Å². The lowest BCUT2D eigenvalue weighted by Gasteiger charge is -2.31. The van der Waals surface area contributed by atoms with E-state index in [-0.39, 0.29) is 5.41 Å². The average molecular weight is 457 g/mol. The maximum atomic E-state index is 5.56. The van der Waals surface area contributed by atoms with Crippen LogP contribution in [0.4, 0.5) is 17.3 Å². The van der Waals surface area contributed by atoms with Gasteiger partial charge in [0.05, 0.1) is 13.2 Å². The molecular formula is C24H36N6OS. The molecule has 1 aliphatic heterocycles. The van der Waals surface area contributed by atoms with Crippen molar-refractivity contribution in [2.45, 2.75) is 26.2 Å². The topological polar surface area (TPSA) is 57.1 Å². The zero-order valence-corrected chi connectivity index (χ0v) is 21.1. The minimum atomic E-state index is 0.101. The fraction of sp³-hybridized carbons (Fsp3) is 0.542. The van der Waals surface area contributed by atoms with Gasteiger partial charge in [0.25, 0.3) is 0 Å². The number of likely N-dealkylation sites (N-methyl/N-ethyl adjacent to an activating group) is 2. The van der Waals surface area contributed by atoms with Crippen molar-refractivity contribution in [2.75, 3.05) is 69.5 Å². The zero-order chi connectivity index (χ0) is 23.3. The van der Waals surface area contributed by atoms with Gasteiger partial charge in [-0.25, -0.2) is 9.97 Å². The minimum Gasteiger partial charge on any atom is -0.378 e. The van der Waals surface area contributed by atoms with Gasteiger partial charge in [-0.05, 0) is 31.0 Å². The van der Waals surface area contributed by atoms with Crippen molar-refractivity contribution >= 4 is 36.0 Å². The van der Waals surface area contributed by atoms with Crippen LogP contribution < -0.4 is 9.80 Å². The van der Waals surface area contributed by atoms with E-state index in [1.165, 1.54) is 5.56 Å². The lowest BCUT2D eigenvalue weighted by Crippen LogP contribution is -2.37. The lowest BCUT2D eigenvalue weighted by atomic mass is 9.87. The number of rotatable bonds is 8. The van der Waals surface area contributed by atoms with Crippen molar-refractivity contribution in [3.8, 4) is 11.4 Å². The molecule has 3 rings (SSSR count). The quantitative estimate of drug-likeness (QED) is 0.435. The Bertz CT molecular complexity index is 906. The van der Waals surface area contributed by atoms with Crippen LogP contribution in [0.1, 0.15) is 26.3 Å². The van der Waals surface area contributed by atoms with Crippen molar-refractivity contribution in [1.29, 1.82) is 0 Å². The highest BCUT2D eigenvalue weighted by Crippen LogP contribution is 2.37. The molecule has 1 saturated heterocycles. The lowest BCUT2D eigenvalue weighted by molar-refractivity contribution is 0.122. The molecule has 0 N–H and O–H groups in total. The summed E-state index contributed by atoms with van der Waals surface area (Å²) < 4.78 is 7.76. The van der Waals surface area contributed by atoms with Crippen LogP contribution in [0, 0.1) is 0 Å². The molecule has 1 aromatic heterocycles. The van der Waals surface area contributed by atoms with Gasteiger partial charge in [0.15, 0.2) is 17.5 Å². The highest BCUT2D eigenvalue weighted by molar-refractivity contribution is 7.96. The summed E-state index contributed by atoms with van der Waals surface area (Å²) in [4.78, 5) is 18.7. The molecule has 1 aromatic carbocycles. The van der Waals surface area contributed by atoms with E-state index in [9.17, 15) is 0 Å². The molecule has 0 amide bonds. The van der Waals surface area contributed by atoms with Gasteiger partial charge >= 0.3 is 0 Å². The van der Waals surface area contributed by atoms with Crippen LogP contribution in [-0.2, 0) is 10.2 Å². The number of ether oxygens (including phenoxy) is 1. The maximum Gasteiger partial charge on any atom is 0.164 e. The summed E-state index contributed by atoms with van der Waals surface area (Å²) in [7, 11) is 4.15. The van der Waals surface area contributed by atoms with Crippen LogP contribution in [0.25, 0.3) is 11.4 Å². The number of aliphatic imine (C=N–C) groups is 1. The predicted molar refractivity (Wildman–Crippen MR) is 138 cm³/mol. The number of morpholine rings is 1. The number of benzene rings is 1. The number of hydrogen-bond donors (Lipinski definition) is 0. The van der Waals surface area contributed by atoms with Gasteiger partial charge in [-0.3, -0.25) is 9.30 Å². The number of hydrogen-bond acceptors (Lipinski definition) is 8. The van der Waals surface area contributed by atoms with Crippen molar-refractivity contribution in [3.05, 3.63) is 29.8 Å². The van der Waals surface area contributed by atoms with Crippen molar-refractivity contribution < 1.29 is 4.74 Å². The Kier molecular flexibility index (Phi) is 8.14. The number of nitrogens with zero attached hydrogens (tertiary/aromatic N) is 6. The highest BCUT2D eigenvalue weighted by atomic mass is 32.2. The van der Waals surface area contributed by atoms with E-state index in [0.717, 1.165) is 49.1 Å². The molecule has 32 heavy (non-hydrogen) atoms. The largest absolute Gasteiger partial charge is 0.378 e. The van der Waals surface area contributed by atoms with Crippen LogP contribution in [0.15, 0.2) is 29.3 Å². The second-order valence-electron chi connectivity index (χ2n) is 9.08. The SMILES string of the molecule is C=Nc1c(N(C)CCN(C)SC)nc(-c2ccc(C(C)(C)C)cc2)nc1N1CCOCC1. The predicted octanol–water partition coefficient (Wildman–Crippen LogP) is 4.26. The second kappa shape index (κ2) is 10.6. The van der Waals surface area contributed by atoms with Gasteiger partial charge < -0.3 is 14.5 Å². The summed E-state index contributed by atoms with van der Waals surface area (Å²) in [5.41, 5.74) is 3.12. The Labute approximate surface area is 197 Å². The summed E-state index contributed by atoms with van der Waals surface area (Å²) in [5, 5.41) is 0. The third-order valence-corrected chi connectivity index (χ3v) is 6.55. The van der Waals surface area contributed by atoms with Crippen LogP contribution in [-0.4, -0.2) is 80.7 Å². The van der Waals surface area contributed by atoms with Gasteiger partial charge in [0, 0.05) is 38.8 Å². The summed E-state index contributed by atoms with van der Waals surface area (Å²) in [6.45, 7) is 15.2. The molecule has 1 fully saturated rings. The molecule has 0 bridgehead atoms. The van der Waals surface area contributed by atoms with Crippen molar-refractivity contribution in [1.82, 2.24) is 14.3 Å². The van der Waals surface area contributed by atoms with Gasteiger partial charge in [-0.15, -0.1) is 0 Å². The Morgan fingerprint density at radius 3 is 2.31 bits per heavy atom. The van der Waals surface area contributed by atoms with E-state index in [4.69, 9.17) is 14.7 Å². The van der Waals surface area contributed by atoms with Gasteiger partial charge in [-0.2, -0.15) is 0 Å². The Morgan fingerprint density at radius 1 is 1.09 bits per heavy atom. The highest BCUT2D eigenvalue weighted by Gasteiger charge is 2.24. The summed E-state index contributed by atoms with van der Waals surface area (Å²) in [6.07, 6.45) is 2.08. The molecule has 0 atom stereocenters. The van der Waals surface area contributed by atoms with Gasteiger partial charge in [0.1, 0.15) is 5.69 Å². The molecule has 1 aliphatic rings. The molecule has 7 nitrogen and oxygen atoms in total. The minimum absolute atomic E-state index is 0.101. The molecular weight excluding hydrogens is 420 g/mol. The molecule has 0 aliphatic carbocycles. The number of aromatic nitrogens is 2. The normalized spacial score (nSPS) is 14.7. The van der Waals surface area contributed by atoms with Crippen LogP contribution >= 0.6 is 11.9 Å². The fourth-order valence-corrected chi connectivity index (χ4v) is 3.84. The van der Waals surface area contributed by atoms with Crippen LogP contribution in [0.5, 0.6) is 0 Å². The first-order chi connectivity index (χ1) is 15.2. The number of anilines is 2. The molecule has 0 spiro atoms. The van der Waals surface area contributed by atoms with E-state index in [1.807, 2.05) is 0 Å².